The van der Waals surface area contributed by atoms with Crippen molar-refractivity contribution >= 4 is 35.2 Å². The van der Waals surface area contributed by atoms with Gasteiger partial charge in [0, 0.05) is 4.90 Å². The summed E-state index contributed by atoms with van der Waals surface area (Å²) in [5.41, 5.74) is -0.643. The van der Waals surface area contributed by atoms with E-state index < -0.39 is 11.7 Å². The van der Waals surface area contributed by atoms with E-state index in [0.29, 0.717) is 4.90 Å². The van der Waals surface area contributed by atoms with Gasteiger partial charge >= 0.3 is 6.18 Å². The summed E-state index contributed by atoms with van der Waals surface area (Å²) >= 11 is 6.21. The number of benzene rings is 1. The molecule has 0 aliphatic heterocycles. The molecule has 0 nitrogen and oxygen atoms in total. The number of halogens is 4. The van der Waals surface area contributed by atoms with E-state index in [-0.39, 0.29) is 0 Å². The zero-order valence-corrected chi connectivity index (χ0v) is 11.2. The van der Waals surface area contributed by atoms with Gasteiger partial charge in [-0.15, -0.1) is 12.6 Å². The van der Waals surface area contributed by atoms with Gasteiger partial charge in [0.25, 0.3) is 0 Å². The van der Waals surface area contributed by atoms with Crippen LogP contribution in [0.25, 0.3) is 0 Å². The van der Waals surface area contributed by atoms with Crippen LogP contribution < -0.4 is 0 Å². The van der Waals surface area contributed by atoms with Crippen molar-refractivity contribution in [3.63, 3.8) is 0 Å². The molecule has 0 fully saturated rings. The predicted molar refractivity (Wildman–Crippen MR) is 67.9 cm³/mol. The second kappa shape index (κ2) is 7.38. The van der Waals surface area contributed by atoms with E-state index in [4.69, 9.17) is 0 Å². The van der Waals surface area contributed by atoms with Crippen molar-refractivity contribution in [2.45, 2.75) is 24.4 Å². The van der Waals surface area contributed by atoms with Crippen LogP contribution in [0.1, 0.15) is 18.9 Å². The summed E-state index contributed by atoms with van der Waals surface area (Å²) in [6, 6.07) is 4.63. The lowest BCUT2D eigenvalue weighted by atomic mass is 10.2. The fraction of sp³-hybridized carbons (Fsp3) is 0.400. The van der Waals surface area contributed by atoms with Gasteiger partial charge in [-0.05, 0) is 35.1 Å². The van der Waals surface area contributed by atoms with Crippen molar-refractivity contribution in [3.05, 3.63) is 29.8 Å². The summed E-state index contributed by atoms with van der Waals surface area (Å²) in [7, 11) is 0. The summed E-state index contributed by atoms with van der Waals surface area (Å²) < 4.78 is 37.0. The molecule has 0 atom stereocenters. The van der Waals surface area contributed by atoms with Crippen molar-refractivity contribution in [1.29, 1.82) is 0 Å². The molecule has 0 radical (unpaired) electrons. The number of alkyl halides is 4. The van der Waals surface area contributed by atoms with Gasteiger partial charge < -0.3 is 0 Å². The topological polar surface area (TPSA) is 0 Å². The molecule has 5 heteroatoms. The highest BCUT2D eigenvalue weighted by molar-refractivity contribution is 14.1. The third-order valence-corrected chi connectivity index (χ3v) is 2.76. The molecule has 0 aliphatic carbocycles. The highest BCUT2D eigenvalue weighted by atomic mass is 127. The van der Waals surface area contributed by atoms with E-state index in [1.165, 1.54) is 23.0 Å². The van der Waals surface area contributed by atoms with Crippen molar-refractivity contribution in [2.24, 2.45) is 0 Å². The zero-order valence-electron chi connectivity index (χ0n) is 8.18. The average Bonchev–Trinajstić information content (AvgIpc) is 2.17. The Labute approximate surface area is 107 Å². The molecule has 0 unspecified atom stereocenters. The maximum Gasteiger partial charge on any atom is 0.416 e. The summed E-state index contributed by atoms with van der Waals surface area (Å²) in [6.45, 7) is 2.17. The van der Waals surface area contributed by atoms with Crippen molar-refractivity contribution in [3.8, 4) is 0 Å². The van der Waals surface area contributed by atoms with Gasteiger partial charge in [-0.3, -0.25) is 0 Å². The highest BCUT2D eigenvalue weighted by Gasteiger charge is 2.29. The summed E-state index contributed by atoms with van der Waals surface area (Å²) in [4.78, 5) is 0.526. The maximum atomic E-state index is 11.9. The summed E-state index contributed by atoms with van der Waals surface area (Å²) in [6.07, 6.45) is -2.94. The Kier molecular flexibility index (Phi) is 7.42. The predicted octanol–water partition coefficient (Wildman–Crippen LogP) is 4.83. The van der Waals surface area contributed by atoms with Crippen LogP contribution in [-0.2, 0) is 6.18 Å². The monoisotopic (exact) mass is 348 g/mol. The van der Waals surface area contributed by atoms with Crippen LogP contribution in [0.2, 0.25) is 0 Å². The molecule has 0 heterocycles. The smallest absolute Gasteiger partial charge is 0.166 e. The quantitative estimate of drug-likeness (QED) is 0.420. The molecule has 86 valence electrons. The third-order valence-electron chi connectivity index (χ3n) is 1.38. The number of rotatable bonds is 1. The first kappa shape index (κ1) is 15.1. The second-order valence-electron chi connectivity index (χ2n) is 2.73. The normalized spacial score (nSPS) is 10.5. The molecular weight excluding hydrogens is 336 g/mol. The minimum Gasteiger partial charge on any atom is -0.166 e. The van der Waals surface area contributed by atoms with Gasteiger partial charge in [-0.1, -0.05) is 29.5 Å². The van der Waals surface area contributed by atoms with Gasteiger partial charge in [0.15, 0.2) is 0 Å². The molecule has 0 amide bonds. The zero-order chi connectivity index (χ0) is 11.9. The van der Waals surface area contributed by atoms with Gasteiger partial charge in [-0.25, -0.2) is 0 Å². The van der Waals surface area contributed by atoms with Crippen LogP contribution in [0, 0.1) is 0 Å². The number of thiol groups is 1. The van der Waals surface area contributed by atoms with Crippen molar-refractivity contribution < 1.29 is 13.2 Å². The lowest BCUT2D eigenvalue weighted by Gasteiger charge is -2.05. The molecule has 0 N–H and O–H groups in total. The summed E-state index contributed by atoms with van der Waals surface area (Å²) in [5, 5.41) is 0. The van der Waals surface area contributed by atoms with Gasteiger partial charge in [-0.2, -0.15) is 13.2 Å². The molecule has 0 saturated heterocycles. The van der Waals surface area contributed by atoms with Crippen LogP contribution in [-0.4, -0.2) is 4.43 Å². The van der Waals surface area contributed by atoms with E-state index >= 15 is 0 Å². The highest BCUT2D eigenvalue weighted by Crippen LogP contribution is 2.29. The van der Waals surface area contributed by atoms with E-state index in [1.54, 1.807) is 0 Å². The Hall–Kier alpha value is 0.0900. The van der Waals surface area contributed by atoms with Crippen LogP contribution in [0.4, 0.5) is 13.2 Å². The molecule has 1 aromatic carbocycles. The second-order valence-corrected chi connectivity index (χ2v) is 4.33. The lowest BCUT2D eigenvalue weighted by molar-refractivity contribution is -0.137. The van der Waals surface area contributed by atoms with Crippen LogP contribution in [0.5, 0.6) is 0 Å². The third kappa shape index (κ3) is 7.05. The molecule has 15 heavy (non-hydrogen) atoms. The SMILES string of the molecule is CCCI.FC(F)(F)c1ccc(S)cc1. The number of hydrogen-bond acceptors (Lipinski definition) is 1. The lowest BCUT2D eigenvalue weighted by Crippen LogP contribution is -2.03. The maximum absolute atomic E-state index is 11.9. The van der Waals surface area contributed by atoms with Gasteiger partial charge in [0.05, 0.1) is 5.56 Å². The Balaban J connectivity index is 0.000000423. The largest absolute Gasteiger partial charge is 0.416 e. The fourth-order valence-electron chi connectivity index (χ4n) is 0.650. The average molecular weight is 348 g/mol. The molecule has 0 spiro atoms. The van der Waals surface area contributed by atoms with Gasteiger partial charge in [0.1, 0.15) is 0 Å². The minimum atomic E-state index is -4.25. The molecule has 0 saturated carbocycles. The molecule has 0 aliphatic rings. The Bertz CT molecular complexity index is 267. The molecule has 0 aromatic heterocycles. The molecular formula is C10H12F3IS. The van der Waals surface area contributed by atoms with Crippen molar-refractivity contribution in [2.75, 3.05) is 4.43 Å². The molecule has 0 bridgehead atoms. The first-order chi connectivity index (χ1) is 6.91. The fourth-order valence-corrected chi connectivity index (χ4v) is 0.799. The van der Waals surface area contributed by atoms with Crippen molar-refractivity contribution in [1.82, 2.24) is 0 Å². The van der Waals surface area contributed by atoms with Gasteiger partial charge in [0.2, 0.25) is 0 Å². The van der Waals surface area contributed by atoms with E-state index in [1.807, 2.05) is 0 Å². The summed E-state index contributed by atoms with van der Waals surface area (Å²) in [5.74, 6) is 0. The molecule has 1 aromatic rings. The van der Waals surface area contributed by atoms with E-state index in [2.05, 4.69) is 42.1 Å². The number of hydrogen-bond donors (Lipinski definition) is 1. The Morgan fingerprint density at radius 3 is 1.87 bits per heavy atom. The minimum absolute atomic E-state index is 0.526. The van der Waals surface area contributed by atoms with Crippen LogP contribution in [0.15, 0.2) is 29.2 Å². The van der Waals surface area contributed by atoms with Crippen LogP contribution >= 0.6 is 35.2 Å². The van der Waals surface area contributed by atoms with E-state index in [0.717, 1.165) is 12.1 Å². The first-order valence-corrected chi connectivity index (χ1v) is 6.31. The molecule has 1 rings (SSSR count). The Morgan fingerprint density at radius 1 is 1.20 bits per heavy atom. The first-order valence-electron chi connectivity index (χ1n) is 4.34. The van der Waals surface area contributed by atoms with E-state index in [9.17, 15) is 13.2 Å². The van der Waals surface area contributed by atoms with Crippen LogP contribution in [0.3, 0.4) is 0 Å². The Morgan fingerprint density at radius 2 is 1.60 bits per heavy atom. The standard InChI is InChI=1S/C7H5F3S.C3H7I/c8-7(9,10)5-1-3-6(11)4-2-5;1-2-3-4/h1-4,11H;2-3H2,1H3.